The molecule has 6 nitrogen and oxygen atoms in total. The molecule has 0 aromatic heterocycles. The molecule has 0 bridgehead atoms. The summed E-state index contributed by atoms with van der Waals surface area (Å²) >= 11 is 2.05. The van der Waals surface area contributed by atoms with Crippen LogP contribution in [0.1, 0.15) is 0 Å². The number of anilines is 1. The highest BCUT2D eigenvalue weighted by Gasteiger charge is 2.25. The highest BCUT2D eigenvalue weighted by atomic mass is 127. The number of hydrogen-bond acceptors (Lipinski definition) is 4. The summed E-state index contributed by atoms with van der Waals surface area (Å²) in [6, 6.07) is 11.9. The van der Waals surface area contributed by atoms with Crippen molar-refractivity contribution in [2.24, 2.45) is 0 Å². The van der Waals surface area contributed by atoms with Gasteiger partial charge in [0.1, 0.15) is 0 Å². The van der Waals surface area contributed by atoms with Crippen molar-refractivity contribution < 1.29 is 13.3 Å². The van der Waals surface area contributed by atoms with Gasteiger partial charge >= 0.3 is 0 Å². The summed E-state index contributed by atoms with van der Waals surface area (Å²) in [5.41, 5.74) is -0.0966. The Labute approximate surface area is 129 Å². The second-order valence-electron chi connectivity index (χ2n) is 3.84. The third kappa shape index (κ3) is 3.25. The van der Waals surface area contributed by atoms with Gasteiger partial charge in [-0.2, -0.15) is 0 Å². The monoisotopic (exact) mass is 404 g/mol. The molecule has 0 radical (unpaired) electrons. The molecular weight excluding hydrogens is 395 g/mol. The molecule has 104 valence electrons. The first-order chi connectivity index (χ1) is 9.40. The number of hydrogen-bond donors (Lipinski definition) is 1. The van der Waals surface area contributed by atoms with Gasteiger partial charge in [0.25, 0.3) is 15.7 Å². The molecule has 0 aliphatic rings. The van der Waals surface area contributed by atoms with Crippen LogP contribution in [0.15, 0.2) is 53.4 Å². The van der Waals surface area contributed by atoms with Gasteiger partial charge in [-0.05, 0) is 46.9 Å². The van der Waals surface area contributed by atoms with Gasteiger partial charge in [-0.1, -0.05) is 18.2 Å². The van der Waals surface area contributed by atoms with Gasteiger partial charge in [0, 0.05) is 15.3 Å². The average molecular weight is 404 g/mol. The van der Waals surface area contributed by atoms with E-state index in [0.29, 0.717) is 5.69 Å². The fourth-order valence-electron chi connectivity index (χ4n) is 1.60. The predicted octanol–water partition coefficient (Wildman–Crippen LogP) is 3.00. The summed E-state index contributed by atoms with van der Waals surface area (Å²) in [6.45, 7) is 0. The van der Waals surface area contributed by atoms with Crippen LogP contribution in [-0.4, -0.2) is 13.3 Å². The SMILES string of the molecule is O=[N+]([O-])c1ccccc1S(=O)(=O)Nc1cccc(I)c1. The second kappa shape index (κ2) is 5.75. The van der Waals surface area contributed by atoms with Gasteiger partial charge in [-0.15, -0.1) is 0 Å². The van der Waals surface area contributed by atoms with E-state index in [2.05, 4.69) is 4.72 Å². The largest absolute Gasteiger partial charge is 0.289 e. The maximum atomic E-state index is 12.2. The van der Waals surface area contributed by atoms with Crippen molar-refractivity contribution in [2.75, 3.05) is 4.72 Å². The molecule has 0 fully saturated rings. The number of benzene rings is 2. The Morgan fingerprint density at radius 1 is 1.10 bits per heavy atom. The average Bonchev–Trinajstić information content (AvgIpc) is 2.38. The third-order valence-electron chi connectivity index (χ3n) is 2.43. The smallest absolute Gasteiger partial charge is 0.279 e. The first-order valence-corrected chi connectivity index (χ1v) is 7.98. The van der Waals surface area contributed by atoms with Crippen molar-refractivity contribution in [1.82, 2.24) is 0 Å². The van der Waals surface area contributed by atoms with Gasteiger partial charge in [-0.3, -0.25) is 14.8 Å². The van der Waals surface area contributed by atoms with Crippen LogP contribution in [0.2, 0.25) is 0 Å². The summed E-state index contributed by atoms with van der Waals surface area (Å²) in [6.07, 6.45) is 0. The number of nitro groups is 1. The molecule has 0 aliphatic heterocycles. The van der Waals surface area contributed by atoms with Crippen LogP contribution < -0.4 is 4.72 Å². The molecule has 0 spiro atoms. The molecule has 0 aliphatic carbocycles. The Kier molecular flexibility index (Phi) is 4.23. The lowest BCUT2D eigenvalue weighted by atomic mass is 10.3. The molecule has 0 atom stereocenters. The number of nitro benzene ring substituents is 1. The molecule has 2 rings (SSSR count). The van der Waals surface area contributed by atoms with Crippen LogP contribution in [0.4, 0.5) is 11.4 Å². The first kappa shape index (κ1) is 14.7. The van der Waals surface area contributed by atoms with Crippen LogP contribution in [0.25, 0.3) is 0 Å². The van der Waals surface area contributed by atoms with Gasteiger partial charge < -0.3 is 0 Å². The molecule has 0 heterocycles. The van der Waals surface area contributed by atoms with Crippen LogP contribution in [0, 0.1) is 13.7 Å². The quantitative estimate of drug-likeness (QED) is 0.482. The van der Waals surface area contributed by atoms with Crippen LogP contribution in [-0.2, 0) is 10.0 Å². The Bertz CT molecular complexity index is 762. The molecule has 0 saturated heterocycles. The van der Waals surface area contributed by atoms with E-state index in [1.165, 1.54) is 18.2 Å². The van der Waals surface area contributed by atoms with Crippen molar-refractivity contribution in [1.29, 1.82) is 0 Å². The van der Waals surface area contributed by atoms with Gasteiger partial charge in [0.05, 0.1) is 4.92 Å². The van der Waals surface area contributed by atoms with Crippen LogP contribution in [0.3, 0.4) is 0 Å². The summed E-state index contributed by atoms with van der Waals surface area (Å²) in [4.78, 5) is 9.81. The van der Waals surface area contributed by atoms with E-state index in [0.717, 1.165) is 9.64 Å². The number of sulfonamides is 1. The second-order valence-corrected chi connectivity index (χ2v) is 6.74. The zero-order valence-electron chi connectivity index (χ0n) is 9.99. The van der Waals surface area contributed by atoms with Crippen molar-refractivity contribution in [3.05, 3.63) is 62.2 Å². The normalized spacial score (nSPS) is 11.1. The standard InChI is InChI=1S/C12H9IN2O4S/c13-9-4-3-5-10(8-9)14-20(18,19)12-7-2-1-6-11(12)15(16)17/h1-8,14H. The number of rotatable bonds is 4. The third-order valence-corrected chi connectivity index (χ3v) is 4.53. The Morgan fingerprint density at radius 3 is 2.45 bits per heavy atom. The number of nitrogens with zero attached hydrogens (tertiary/aromatic N) is 1. The first-order valence-electron chi connectivity index (χ1n) is 5.42. The van der Waals surface area contributed by atoms with E-state index in [4.69, 9.17) is 0 Å². The Hall–Kier alpha value is -1.68. The highest BCUT2D eigenvalue weighted by Crippen LogP contribution is 2.25. The fourth-order valence-corrected chi connectivity index (χ4v) is 3.36. The zero-order chi connectivity index (χ0) is 14.8. The van der Waals surface area contributed by atoms with E-state index in [1.807, 2.05) is 28.7 Å². The summed E-state index contributed by atoms with van der Waals surface area (Å²) in [5, 5.41) is 10.9. The molecule has 0 amide bonds. The molecule has 20 heavy (non-hydrogen) atoms. The van der Waals surface area contributed by atoms with Crippen LogP contribution >= 0.6 is 22.6 Å². The molecular formula is C12H9IN2O4S. The maximum absolute atomic E-state index is 12.2. The Balaban J connectivity index is 2.44. The highest BCUT2D eigenvalue weighted by molar-refractivity contribution is 14.1. The van der Waals surface area contributed by atoms with E-state index in [1.54, 1.807) is 18.2 Å². The van der Waals surface area contributed by atoms with Crippen LogP contribution in [0.5, 0.6) is 0 Å². The fraction of sp³-hybridized carbons (Fsp3) is 0. The predicted molar refractivity (Wildman–Crippen MR) is 83.1 cm³/mol. The van der Waals surface area contributed by atoms with Crippen molar-refractivity contribution >= 4 is 44.0 Å². The lowest BCUT2D eigenvalue weighted by molar-refractivity contribution is -0.387. The van der Waals surface area contributed by atoms with E-state index in [9.17, 15) is 18.5 Å². The molecule has 2 aromatic rings. The minimum Gasteiger partial charge on any atom is -0.279 e. The zero-order valence-corrected chi connectivity index (χ0v) is 13.0. The van der Waals surface area contributed by atoms with E-state index < -0.39 is 20.6 Å². The molecule has 0 unspecified atom stereocenters. The van der Waals surface area contributed by atoms with Gasteiger partial charge in [-0.25, -0.2) is 8.42 Å². The van der Waals surface area contributed by atoms with E-state index >= 15 is 0 Å². The number of para-hydroxylation sites is 1. The summed E-state index contributed by atoms with van der Waals surface area (Å²) in [7, 11) is -4.00. The minimum atomic E-state index is -4.00. The van der Waals surface area contributed by atoms with Gasteiger partial charge in [0.15, 0.2) is 4.90 Å². The van der Waals surface area contributed by atoms with E-state index in [-0.39, 0.29) is 4.90 Å². The Morgan fingerprint density at radius 2 is 1.80 bits per heavy atom. The van der Waals surface area contributed by atoms with Crippen molar-refractivity contribution in [3.8, 4) is 0 Å². The minimum absolute atomic E-state index is 0.357. The lowest BCUT2D eigenvalue weighted by Gasteiger charge is -2.08. The topological polar surface area (TPSA) is 89.3 Å². The summed E-state index contributed by atoms with van der Waals surface area (Å²) < 4.78 is 27.6. The molecule has 1 N–H and O–H groups in total. The maximum Gasteiger partial charge on any atom is 0.289 e. The molecule has 8 heteroatoms. The van der Waals surface area contributed by atoms with Gasteiger partial charge in [0.2, 0.25) is 0 Å². The molecule has 0 saturated carbocycles. The van der Waals surface area contributed by atoms with Crippen molar-refractivity contribution in [3.63, 3.8) is 0 Å². The number of halogens is 1. The summed E-state index contributed by atoms with van der Waals surface area (Å²) in [5.74, 6) is 0. The van der Waals surface area contributed by atoms with Crippen molar-refractivity contribution in [2.45, 2.75) is 4.90 Å². The molecule has 2 aromatic carbocycles. The number of nitrogens with one attached hydrogen (secondary N) is 1. The lowest BCUT2D eigenvalue weighted by Crippen LogP contribution is -2.14.